The topological polar surface area (TPSA) is 101 Å². The van der Waals surface area contributed by atoms with Crippen LogP contribution in [-0.2, 0) is 6.54 Å². The number of alkyl halides is 3. The molecule has 1 fully saturated rings. The van der Waals surface area contributed by atoms with Gasteiger partial charge in [-0.05, 0) is 53.5 Å². The maximum absolute atomic E-state index is 12.3. The van der Waals surface area contributed by atoms with Gasteiger partial charge >= 0.3 is 18.2 Å². The molecule has 37 heavy (non-hydrogen) atoms. The second kappa shape index (κ2) is 10.1. The van der Waals surface area contributed by atoms with Crippen LogP contribution in [0.4, 0.5) is 24.7 Å². The van der Waals surface area contributed by atoms with Crippen LogP contribution in [0.2, 0.25) is 0 Å². The summed E-state index contributed by atoms with van der Waals surface area (Å²) < 4.78 is 59.7. The molecule has 1 aromatic heterocycles. The third-order valence-electron chi connectivity index (χ3n) is 6.03. The molecule has 2 aliphatic rings. The van der Waals surface area contributed by atoms with Gasteiger partial charge < -0.3 is 34.0 Å². The van der Waals surface area contributed by atoms with E-state index in [2.05, 4.69) is 14.6 Å². The number of aromatic nitrogens is 2. The van der Waals surface area contributed by atoms with Crippen LogP contribution in [0.15, 0.2) is 54.7 Å². The highest BCUT2D eigenvalue weighted by Crippen LogP contribution is 2.29. The van der Waals surface area contributed by atoms with Crippen molar-refractivity contribution < 1.29 is 37.0 Å². The van der Waals surface area contributed by atoms with Crippen LogP contribution in [0.3, 0.4) is 0 Å². The number of piperidine rings is 1. The van der Waals surface area contributed by atoms with E-state index in [4.69, 9.17) is 14.2 Å². The van der Waals surface area contributed by atoms with E-state index in [0.29, 0.717) is 18.0 Å². The molecule has 3 heterocycles. The molecule has 2 aromatic carbocycles. The first-order valence-corrected chi connectivity index (χ1v) is 11.6. The van der Waals surface area contributed by atoms with Gasteiger partial charge in [0.25, 0.3) is 0 Å². The molecule has 2 aliphatic heterocycles. The molecule has 196 valence electrons. The van der Waals surface area contributed by atoms with E-state index < -0.39 is 11.3 Å². The lowest BCUT2D eigenvalue weighted by molar-refractivity contribution is -0.389. The molecule has 0 saturated carbocycles. The number of imidazole rings is 1. The zero-order chi connectivity index (χ0) is 26.0. The Morgan fingerprint density at radius 2 is 1.68 bits per heavy atom. The number of halogens is 3. The van der Waals surface area contributed by atoms with E-state index in [9.17, 15) is 23.3 Å². The molecule has 0 N–H and O–H groups in total. The predicted octanol–water partition coefficient (Wildman–Crippen LogP) is 4.58. The molecule has 1 unspecified atom stereocenters. The predicted molar refractivity (Wildman–Crippen MR) is 124 cm³/mol. The number of rotatable bonds is 8. The van der Waals surface area contributed by atoms with Gasteiger partial charge in [-0.1, -0.05) is 0 Å². The van der Waals surface area contributed by atoms with Gasteiger partial charge in [0.15, 0.2) is 6.10 Å². The third-order valence-corrected chi connectivity index (χ3v) is 6.03. The Labute approximate surface area is 209 Å². The highest BCUT2D eigenvalue weighted by Gasteiger charge is 2.32. The van der Waals surface area contributed by atoms with E-state index in [1.54, 1.807) is 4.57 Å². The van der Waals surface area contributed by atoms with Crippen LogP contribution in [0.1, 0.15) is 12.8 Å². The molecular weight excluding hydrogens is 497 g/mol. The summed E-state index contributed by atoms with van der Waals surface area (Å²) in [5.74, 6) is 0.659. The molecular formula is C24H23F3N4O6. The Morgan fingerprint density at radius 3 is 2.30 bits per heavy atom. The molecule has 0 bridgehead atoms. The quantitative estimate of drug-likeness (QED) is 0.314. The summed E-state index contributed by atoms with van der Waals surface area (Å²) in [5.41, 5.74) is 1.05. The van der Waals surface area contributed by atoms with Gasteiger partial charge in [-0.2, -0.15) is 0 Å². The highest BCUT2D eigenvalue weighted by molar-refractivity contribution is 5.49. The van der Waals surface area contributed by atoms with E-state index in [1.165, 1.54) is 30.5 Å². The summed E-state index contributed by atoms with van der Waals surface area (Å²) in [6.45, 7) is 2.25. The summed E-state index contributed by atoms with van der Waals surface area (Å²) in [4.78, 5) is 16.3. The molecule has 13 heteroatoms. The van der Waals surface area contributed by atoms with Crippen molar-refractivity contribution in [2.45, 2.75) is 38.0 Å². The number of anilines is 1. The zero-order valence-electron chi connectivity index (χ0n) is 19.5. The molecule has 0 radical (unpaired) electrons. The largest absolute Gasteiger partial charge is 0.573 e. The fourth-order valence-electron chi connectivity index (χ4n) is 4.28. The first kappa shape index (κ1) is 24.5. The number of nitrogens with zero attached hydrogens (tertiary/aromatic N) is 4. The maximum atomic E-state index is 12.3. The molecule has 0 spiro atoms. The second-order valence-corrected chi connectivity index (χ2v) is 8.66. The number of nitro groups is 1. The Hall–Kier alpha value is -4.16. The number of hydrogen-bond donors (Lipinski definition) is 0. The molecule has 1 saturated heterocycles. The van der Waals surface area contributed by atoms with Gasteiger partial charge in [-0.3, -0.25) is 4.57 Å². The van der Waals surface area contributed by atoms with Crippen LogP contribution < -0.4 is 23.8 Å². The normalized spacial score (nSPS) is 17.7. The Bertz CT molecular complexity index is 1200. The Balaban J connectivity index is 1.05. The number of benzene rings is 2. The molecule has 3 aromatic rings. The lowest BCUT2D eigenvalue weighted by atomic mass is 10.1. The maximum Gasteiger partial charge on any atom is 0.573 e. The van der Waals surface area contributed by atoms with Crippen LogP contribution in [0, 0.1) is 10.1 Å². The van der Waals surface area contributed by atoms with Crippen molar-refractivity contribution in [2.24, 2.45) is 0 Å². The van der Waals surface area contributed by atoms with Crippen molar-refractivity contribution in [1.29, 1.82) is 0 Å². The molecule has 1 atom stereocenters. The third kappa shape index (κ3) is 6.16. The summed E-state index contributed by atoms with van der Waals surface area (Å²) >= 11 is 0. The van der Waals surface area contributed by atoms with Gasteiger partial charge in [0, 0.05) is 36.6 Å². The van der Waals surface area contributed by atoms with Gasteiger partial charge in [-0.25, -0.2) is 0 Å². The lowest BCUT2D eigenvalue weighted by Crippen LogP contribution is -2.38. The first-order valence-electron chi connectivity index (χ1n) is 11.6. The zero-order valence-corrected chi connectivity index (χ0v) is 19.5. The van der Waals surface area contributed by atoms with Crippen LogP contribution in [0.5, 0.6) is 23.3 Å². The average Bonchev–Trinajstić information content (AvgIpc) is 3.43. The summed E-state index contributed by atoms with van der Waals surface area (Å²) in [6.07, 6.45) is -2.15. The summed E-state index contributed by atoms with van der Waals surface area (Å²) in [6, 6.07) is 13.3. The van der Waals surface area contributed by atoms with Gasteiger partial charge in [0.2, 0.25) is 0 Å². The first-order chi connectivity index (χ1) is 17.7. The number of fused-ring (bicyclic) bond motifs is 1. The van der Waals surface area contributed by atoms with Crippen molar-refractivity contribution >= 4 is 11.5 Å². The molecule has 5 rings (SSSR count). The van der Waals surface area contributed by atoms with Crippen molar-refractivity contribution in [3.8, 4) is 23.3 Å². The minimum Gasteiger partial charge on any atom is -0.490 e. The van der Waals surface area contributed by atoms with E-state index in [0.717, 1.165) is 31.6 Å². The van der Waals surface area contributed by atoms with E-state index >= 15 is 0 Å². The Morgan fingerprint density at radius 1 is 1.03 bits per heavy atom. The highest BCUT2D eigenvalue weighted by atomic mass is 19.4. The van der Waals surface area contributed by atoms with Crippen molar-refractivity contribution in [2.75, 3.05) is 24.6 Å². The van der Waals surface area contributed by atoms with Gasteiger partial charge in [-0.15, -0.1) is 13.2 Å². The number of ether oxygens (including phenoxy) is 4. The fraction of sp³-hybridized carbons (Fsp3) is 0.375. The van der Waals surface area contributed by atoms with E-state index in [-0.39, 0.29) is 36.4 Å². The summed E-state index contributed by atoms with van der Waals surface area (Å²) in [7, 11) is 0. The fourth-order valence-corrected chi connectivity index (χ4v) is 4.28. The van der Waals surface area contributed by atoms with E-state index in [1.807, 2.05) is 24.3 Å². The van der Waals surface area contributed by atoms with Crippen LogP contribution >= 0.6 is 0 Å². The van der Waals surface area contributed by atoms with Gasteiger partial charge in [0.1, 0.15) is 36.2 Å². The smallest absolute Gasteiger partial charge is 0.490 e. The van der Waals surface area contributed by atoms with Gasteiger partial charge in [0.05, 0.1) is 6.54 Å². The van der Waals surface area contributed by atoms with Crippen LogP contribution in [-0.4, -0.2) is 52.7 Å². The lowest BCUT2D eigenvalue weighted by Gasteiger charge is -2.33. The molecule has 10 nitrogen and oxygen atoms in total. The molecule has 0 amide bonds. The van der Waals surface area contributed by atoms with Crippen LogP contribution in [0.25, 0.3) is 0 Å². The summed E-state index contributed by atoms with van der Waals surface area (Å²) in [5, 5.41) is 10.8. The second-order valence-electron chi connectivity index (χ2n) is 8.66. The number of hydrogen-bond acceptors (Lipinski definition) is 8. The average molecular weight is 520 g/mol. The Kier molecular flexibility index (Phi) is 6.68. The van der Waals surface area contributed by atoms with Crippen molar-refractivity contribution in [3.63, 3.8) is 0 Å². The standard InChI is InChI=1S/C24H23F3N4O6/c25-24(26,27)37-20-7-5-18(6-8-20)35-19-9-11-29(12-10-19)16-1-3-17(4-2-16)34-15-21-13-30-14-22(31(32)33)28-23(30)36-21/h1-8,14,19,21H,9-13,15H2. The van der Waals surface area contributed by atoms with Crippen molar-refractivity contribution in [3.05, 3.63) is 64.8 Å². The minimum atomic E-state index is -4.72. The molecule has 0 aliphatic carbocycles. The minimum absolute atomic E-state index is 0.0317. The SMILES string of the molecule is O=[N+]([O-])c1cn2c(n1)OC(COc1ccc(N3CCC(Oc4ccc(OC(F)(F)F)cc4)CC3)cc1)C2. The van der Waals surface area contributed by atoms with Crippen molar-refractivity contribution in [1.82, 2.24) is 9.55 Å². The monoisotopic (exact) mass is 520 g/mol.